The first kappa shape index (κ1) is 19.6. The highest BCUT2D eigenvalue weighted by Crippen LogP contribution is 2.24. The lowest BCUT2D eigenvalue weighted by Gasteiger charge is -2.10. The van der Waals surface area contributed by atoms with Crippen LogP contribution < -0.4 is 20.5 Å². The highest BCUT2D eigenvalue weighted by Gasteiger charge is 2.07. The minimum atomic E-state index is -0.0570. The average molecular weight is 351 g/mol. The zero-order valence-corrected chi connectivity index (χ0v) is 14.7. The fourth-order valence-corrected chi connectivity index (χ4v) is 2.23. The number of rotatable bonds is 7. The van der Waals surface area contributed by atoms with E-state index in [1.165, 1.54) is 5.56 Å². The Kier molecular flexibility index (Phi) is 7.92. The standard InChI is InChI=1S/C18H22N2O3.ClH/c1-22-14-8-6-13(7-9-14)4-3-5-18(21)20-17-12-15(23-2)10-11-16(17)19;/h6-12H,3-5,19H2,1-2H3,(H,20,21);1H. The summed E-state index contributed by atoms with van der Waals surface area (Å²) in [5, 5.41) is 2.83. The second-order valence-electron chi connectivity index (χ2n) is 5.20. The molecule has 0 saturated carbocycles. The van der Waals surface area contributed by atoms with E-state index in [-0.39, 0.29) is 18.3 Å². The van der Waals surface area contributed by atoms with Gasteiger partial charge in [0.1, 0.15) is 11.5 Å². The molecule has 6 heteroatoms. The molecule has 0 fully saturated rings. The molecular weight excluding hydrogens is 328 g/mol. The van der Waals surface area contributed by atoms with Gasteiger partial charge in [0.05, 0.1) is 25.6 Å². The number of halogens is 1. The molecule has 0 aliphatic heterocycles. The van der Waals surface area contributed by atoms with Crippen LogP contribution in [0.1, 0.15) is 18.4 Å². The van der Waals surface area contributed by atoms with Gasteiger partial charge in [-0.2, -0.15) is 0 Å². The van der Waals surface area contributed by atoms with Crippen LogP contribution in [0.4, 0.5) is 11.4 Å². The molecule has 0 bridgehead atoms. The first-order chi connectivity index (χ1) is 11.1. The number of hydrogen-bond donors (Lipinski definition) is 2. The van der Waals surface area contributed by atoms with Crippen molar-refractivity contribution in [2.45, 2.75) is 19.3 Å². The van der Waals surface area contributed by atoms with Crippen molar-refractivity contribution in [1.82, 2.24) is 0 Å². The molecule has 0 spiro atoms. The predicted molar refractivity (Wildman–Crippen MR) is 99.2 cm³/mol. The highest BCUT2D eigenvalue weighted by molar-refractivity contribution is 5.94. The van der Waals surface area contributed by atoms with Crippen molar-refractivity contribution < 1.29 is 14.3 Å². The summed E-state index contributed by atoms with van der Waals surface area (Å²) in [5.41, 5.74) is 8.14. The van der Waals surface area contributed by atoms with Crippen LogP contribution in [0.15, 0.2) is 42.5 Å². The summed E-state index contributed by atoms with van der Waals surface area (Å²) in [4.78, 5) is 12.0. The van der Waals surface area contributed by atoms with Crippen molar-refractivity contribution in [3.05, 3.63) is 48.0 Å². The number of carbonyl (C=O) groups excluding carboxylic acids is 1. The van der Waals surface area contributed by atoms with E-state index in [4.69, 9.17) is 15.2 Å². The molecule has 0 aromatic heterocycles. The fourth-order valence-electron chi connectivity index (χ4n) is 2.23. The third-order valence-electron chi connectivity index (χ3n) is 3.56. The van der Waals surface area contributed by atoms with E-state index in [2.05, 4.69) is 5.32 Å². The van der Waals surface area contributed by atoms with Gasteiger partial charge in [0.2, 0.25) is 5.91 Å². The number of nitrogen functional groups attached to an aromatic ring is 1. The number of benzene rings is 2. The van der Waals surface area contributed by atoms with E-state index in [0.717, 1.165) is 18.6 Å². The molecule has 24 heavy (non-hydrogen) atoms. The highest BCUT2D eigenvalue weighted by atomic mass is 35.5. The van der Waals surface area contributed by atoms with Crippen molar-refractivity contribution >= 4 is 29.7 Å². The van der Waals surface area contributed by atoms with Gasteiger partial charge in [-0.05, 0) is 42.7 Å². The van der Waals surface area contributed by atoms with Gasteiger partial charge in [-0.15, -0.1) is 12.4 Å². The maximum Gasteiger partial charge on any atom is 0.224 e. The predicted octanol–water partition coefficient (Wildman–Crippen LogP) is 3.67. The van der Waals surface area contributed by atoms with Crippen molar-refractivity contribution in [2.75, 3.05) is 25.3 Å². The smallest absolute Gasteiger partial charge is 0.224 e. The van der Waals surface area contributed by atoms with E-state index >= 15 is 0 Å². The van der Waals surface area contributed by atoms with E-state index < -0.39 is 0 Å². The van der Waals surface area contributed by atoms with Crippen molar-refractivity contribution in [2.24, 2.45) is 0 Å². The van der Waals surface area contributed by atoms with Crippen LogP contribution in [0.2, 0.25) is 0 Å². The zero-order valence-electron chi connectivity index (χ0n) is 13.9. The minimum absolute atomic E-state index is 0. The molecule has 0 unspecified atom stereocenters. The number of methoxy groups -OCH3 is 2. The minimum Gasteiger partial charge on any atom is -0.497 e. The first-order valence-electron chi connectivity index (χ1n) is 7.48. The van der Waals surface area contributed by atoms with Crippen molar-refractivity contribution in [1.29, 1.82) is 0 Å². The Morgan fingerprint density at radius 1 is 1.04 bits per heavy atom. The molecule has 1 amide bonds. The molecule has 0 atom stereocenters. The SMILES string of the molecule is COc1ccc(CCCC(=O)Nc2cc(OC)ccc2N)cc1.Cl. The van der Waals surface area contributed by atoms with Crippen molar-refractivity contribution in [3.63, 3.8) is 0 Å². The topological polar surface area (TPSA) is 73.6 Å². The molecule has 0 aliphatic rings. The zero-order chi connectivity index (χ0) is 16.7. The lowest BCUT2D eigenvalue weighted by atomic mass is 10.1. The van der Waals surface area contributed by atoms with Crippen LogP contribution in [0.25, 0.3) is 0 Å². The van der Waals surface area contributed by atoms with E-state index in [1.54, 1.807) is 32.4 Å². The number of carbonyl (C=O) groups is 1. The molecule has 2 rings (SSSR count). The quantitative estimate of drug-likeness (QED) is 0.747. The first-order valence-corrected chi connectivity index (χ1v) is 7.48. The number of nitrogens with two attached hydrogens (primary N) is 1. The maximum atomic E-state index is 12.0. The maximum absolute atomic E-state index is 12.0. The summed E-state index contributed by atoms with van der Waals surface area (Å²) in [7, 11) is 3.22. The normalized spacial score (nSPS) is 9.75. The summed E-state index contributed by atoms with van der Waals surface area (Å²) < 4.78 is 10.3. The Labute approximate surface area is 148 Å². The Balaban J connectivity index is 0.00000288. The fraction of sp³-hybridized carbons (Fsp3) is 0.278. The summed E-state index contributed by atoms with van der Waals surface area (Å²) in [6, 6.07) is 13.1. The number of hydrogen-bond acceptors (Lipinski definition) is 4. The monoisotopic (exact) mass is 350 g/mol. The van der Waals surface area contributed by atoms with Gasteiger partial charge in [0.25, 0.3) is 0 Å². The van der Waals surface area contributed by atoms with Gasteiger partial charge in [-0.1, -0.05) is 12.1 Å². The number of amides is 1. The number of anilines is 2. The van der Waals surface area contributed by atoms with Crippen LogP contribution in [0, 0.1) is 0 Å². The van der Waals surface area contributed by atoms with Crippen LogP contribution >= 0.6 is 12.4 Å². The van der Waals surface area contributed by atoms with Gasteiger partial charge in [0.15, 0.2) is 0 Å². The summed E-state index contributed by atoms with van der Waals surface area (Å²) in [6.45, 7) is 0. The summed E-state index contributed by atoms with van der Waals surface area (Å²) in [5.74, 6) is 1.44. The lowest BCUT2D eigenvalue weighted by molar-refractivity contribution is -0.116. The molecule has 130 valence electrons. The van der Waals surface area contributed by atoms with Crippen LogP contribution in [0.3, 0.4) is 0 Å². The molecular formula is C18H23ClN2O3. The number of ether oxygens (including phenoxy) is 2. The molecule has 2 aromatic carbocycles. The second-order valence-corrected chi connectivity index (χ2v) is 5.20. The second kappa shape index (κ2) is 9.67. The van der Waals surface area contributed by atoms with Gasteiger partial charge in [-0.3, -0.25) is 4.79 Å². The molecule has 5 nitrogen and oxygen atoms in total. The number of aryl methyl sites for hydroxylation is 1. The summed E-state index contributed by atoms with van der Waals surface area (Å²) in [6.07, 6.45) is 2.04. The third-order valence-corrected chi connectivity index (χ3v) is 3.56. The molecule has 0 heterocycles. The largest absolute Gasteiger partial charge is 0.497 e. The summed E-state index contributed by atoms with van der Waals surface area (Å²) >= 11 is 0. The lowest BCUT2D eigenvalue weighted by Crippen LogP contribution is -2.13. The van der Waals surface area contributed by atoms with Crippen LogP contribution in [-0.4, -0.2) is 20.1 Å². The average Bonchev–Trinajstić information content (AvgIpc) is 2.57. The van der Waals surface area contributed by atoms with Crippen molar-refractivity contribution in [3.8, 4) is 11.5 Å². The Morgan fingerprint density at radius 2 is 1.67 bits per heavy atom. The Bertz CT molecular complexity index is 660. The molecule has 0 radical (unpaired) electrons. The molecule has 0 saturated heterocycles. The van der Waals surface area contributed by atoms with E-state index in [9.17, 15) is 4.79 Å². The Hall–Kier alpha value is -2.40. The van der Waals surface area contributed by atoms with Crippen LogP contribution in [-0.2, 0) is 11.2 Å². The van der Waals surface area contributed by atoms with Gasteiger partial charge < -0.3 is 20.5 Å². The molecule has 0 aliphatic carbocycles. The molecule has 2 aromatic rings. The van der Waals surface area contributed by atoms with E-state index in [0.29, 0.717) is 23.5 Å². The number of nitrogens with one attached hydrogen (secondary N) is 1. The van der Waals surface area contributed by atoms with Gasteiger partial charge in [-0.25, -0.2) is 0 Å². The van der Waals surface area contributed by atoms with Gasteiger partial charge >= 0.3 is 0 Å². The third kappa shape index (κ3) is 5.66. The Morgan fingerprint density at radius 3 is 2.29 bits per heavy atom. The van der Waals surface area contributed by atoms with Crippen LogP contribution in [0.5, 0.6) is 11.5 Å². The van der Waals surface area contributed by atoms with Gasteiger partial charge in [0, 0.05) is 12.5 Å². The molecule has 3 N–H and O–H groups in total. The van der Waals surface area contributed by atoms with E-state index in [1.807, 2.05) is 24.3 Å².